The fourth-order valence-electron chi connectivity index (χ4n) is 1.15. The van der Waals surface area contributed by atoms with Crippen LogP contribution in [0.1, 0.15) is 29.3 Å². The van der Waals surface area contributed by atoms with E-state index in [1.807, 2.05) is 0 Å². The van der Waals surface area contributed by atoms with E-state index in [9.17, 15) is 26.7 Å². The van der Waals surface area contributed by atoms with Gasteiger partial charge in [0.25, 0.3) is 6.43 Å². The van der Waals surface area contributed by atoms with E-state index in [0.29, 0.717) is 6.07 Å². The third-order valence-corrected chi connectivity index (χ3v) is 1.88. The van der Waals surface area contributed by atoms with Gasteiger partial charge in [-0.25, -0.2) is 8.78 Å². The molecule has 0 atom stereocenters. The van der Waals surface area contributed by atoms with Crippen LogP contribution in [0.15, 0.2) is 18.2 Å². The molecular formula is C10H7F5O2. The van der Waals surface area contributed by atoms with Crippen molar-refractivity contribution in [3.63, 3.8) is 0 Å². The number of carbonyl (C=O) groups excluding carboxylic acids is 1. The molecule has 94 valence electrons. The van der Waals surface area contributed by atoms with Gasteiger partial charge in [0.2, 0.25) is 0 Å². The average Bonchev–Trinajstić information content (AvgIpc) is 2.14. The van der Waals surface area contributed by atoms with Crippen LogP contribution in [0.3, 0.4) is 0 Å². The van der Waals surface area contributed by atoms with Crippen LogP contribution in [0.4, 0.5) is 22.0 Å². The smallest absolute Gasteiger partial charge is 0.405 e. The van der Waals surface area contributed by atoms with Crippen molar-refractivity contribution in [1.29, 1.82) is 0 Å². The first kappa shape index (κ1) is 13.4. The lowest BCUT2D eigenvalue weighted by atomic mass is 10.1. The molecule has 0 aromatic heterocycles. The number of rotatable bonds is 3. The zero-order valence-electron chi connectivity index (χ0n) is 8.52. The topological polar surface area (TPSA) is 26.3 Å². The number of alkyl halides is 5. The Labute approximate surface area is 93.0 Å². The van der Waals surface area contributed by atoms with Crippen LogP contribution in [0.5, 0.6) is 5.75 Å². The molecule has 0 unspecified atom stereocenters. The molecule has 0 aliphatic carbocycles. The Morgan fingerprint density at radius 1 is 1.29 bits per heavy atom. The third kappa shape index (κ3) is 3.69. The molecule has 0 radical (unpaired) electrons. The van der Waals surface area contributed by atoms with Gasteiger partial charge in [-0.2, -0.15) is 0 Å². The summed E-state index contributed by atoms with van der Waals surface area (Å²) in [7, 11) is 0. The molecule has 0 aliphatic heterocycles. The predicted octanol–water partition coefficient (Wildman–Crippen LogP) is 3.73. The molecule has 0 spiro atoms. The Hall–Kier alpha value is -1.66. The molecule has 7 heteroatoms. The van der Waals surface area contributed by atoms with Gasteiger partial charge in [0, 0.05) is 5.56 Å². The molecular weight excluding hydrogens is 247 g/mol. The van der Waals surface area contributed by atoms with Crippen molar-refractivity contribution in [2.24, 2.45) is 0 Å². The Bertz CT molecular complexity index is 425. The highest BCUT2D eigenvalue weighted by atomic mass is 19.4. The first-order valence-corrected chi connectivity index (χ1v) is 4.39. The lowest BCUT2D eigenvalue weighted by molar-refractivity contribution is -0.275. The number of halogens is 5. The minimum absolute atomic E-state index is 0.131. The predicted molar refractivity (Wildman–Crippen MR) is 48.1 cm³/mol. The molecule has 0 amide bonds. The lowest BCUT2D eigenvalue weighted by Crippen LogP contribution is -2.18. The van der Waals surface area contributed by atoms with Gasteiger partial charge in [-0.15, -0.1) is 13.2 Å². The maximum Gasteiger partial charge on any atom is 0.573 e. The number of hydrogen-bond donors (Lipinski definition) is 0. The summed E-state index contributed by atoms with van der Waals surface area (Å²) in [6.07, 6.45) is -8.20. The molecule has 1 rings (SSSR count). The minimum atomic E-state index is -5.08. The van der Waals surface area contributed by atoms with Crippen LogP contribution >= 0.6 is 0 Å². The molecule has 17 heavy (non-hydrogen) atoms. The van der Waals surface area contributed by atoms with E-state index in [2.05, 4.69) is 4.74 Å². The zero-order chi connectivity index (χ0) is 13.2. The van der Waals surface area contributed by atoms with Gasteiger partial charge in [0.05, 0.1) is 5.56 Å². The Morgan fingerprint density at radius 3 is 2.29 bits per heavy atom. The largest absolute Gasteiger partial charge is 0.573 e. The van der Waals surface area contributed by atoms with E-state index in [0.717, 1.165) is 19.1 Å². The van der Waals surface area contributed by atoms with Gasteiger partial charge in [-0.05, 0) is 19.1 Å². The summed E-state index contributed by atoms with van der Waals surface area (Å²) in [5.41, 5.74) is -1.04. The van der Waals surface area contributed by atoms with Crippen molar-refractivity contribution < 1.29 is 31.5 Å². The van der Waals surface area contributed by atoms with Crippen molar-refractivity contribution in [2.75, 3.05) is 0 Å². The molecule has 1 aromatic carbocycles. The highest BCUT2D eigenvalue weighted by Crippen LogP contribution is 2.33. The second-order valence-electron chi connectivity index (χ2n) is 3.16. The number of carbonyl (C=O) groups is 1. The Balaban J connectivity index is 3.21. The first-order chi connectivity index (χ1) is 7.70. The summed E-state index contributed by atoms with van der Waals surface area (Å²) >= 11 is 0. The first-order valence-electron chi connectivity index (χ1n) is 4.39. The highest BCUT2D eigenvalue weighted by Gasteiger charge is 2.33. The quantitative estimate of drug-likeness (QED) is 0.607. The highest BCUT2D eigenvalue weighted by molar-refractivity contribution is 5.94. The second kappa shape index (κ2) is 4.68. The Morgan fingerprint density at radius 2 is 1.88 bits per heavy atom. The molecule has 0 saturated carbocycles. The van der Waals surface area contributed by atoms with E-state index >= 15 is 0 Å². The molecule has 0 heterocycles. The van der Waals surface area contributed by atoms with Gasteiger partial charge < -0.3 is 4.74 Å². The molecule has 0 fully saturated rings. The fraction of sp³-hybridized carbons (Fsp3) is 0.300. The molecule has 0 N–H and O–H groups in total. The van der Waals surface area contributed by atoms with Crippen molar-refractivity contribution in [2.45, 2.75) is 19.7 Å². The normalized spacial score (nSPS) is 11.7. The van der Waals surface area contributed by atoms with Gasteiger partial charge >= 0.3 is 6.36 Å². The maximum absolute atomic E-state index is 12.4. The van der Waals surface area contributed by atoms with E-state index < -0.39 is 29.9 Å². The summed E-state index contributed by atoms with van der Waals surface area (Å²) in [6.45, 7) is 1.11. The van der Waals surface area contributed by atoms with Crippen molar-refractivity contribution in [1.82, 2.24) is 0 Å². The monoisotopic (exact) mass is 254 g/mol. The number of benzene rings is 1. The maximum atomic E-state index is 12.4. The van der Waals surface area contributed by atoms with Crippen LogP contribution < -0.4 is 4.74 Å². The standard InChI is InChI=1S/C10H7F5O2/c1-5(16)6-2-3-7(9(11)12)8(4-6)17-10(13,14)15/h2-4,9H,1H3. The fourth-order valence-corrected chi connectivity index (χ4v) is 1.15. The molecule has 0 aliphatic rings. The van der Waals surface area contributed by atoms with Crippen LogP contribution in [0.2, 0.25) is 0 Å². The SMILES string of the molecule is CC(=O)c1ccc(C(F)F)c(OC(F)(F)F)c1. The van der Waals surface area contributed by atoms with Gasteiger partial charge in [0.1, 0.15) is 5.75 Å². The molecule has 2 nitrogen and oxygen atoms in total. The number of ether oxygens (including phenoxy) is 1. The van der Waals surface area contributed by atoms with E-state index in [4.69, 9.17) is 0 Å². The summed E-state index contributed by atoms with van der Waals surface area (Å²) in [6, 6.07) is 2.41. The van der Waals surface area contributed by atoms with Crippen molar-refractivity contribution in [3.8, 4) is 5.75 Å². The van der Waals surface area contributed by atoms with Crippen LogP contribution in [0, 0.1) is 0 Å². The van der Waals surface area contributed by atoms with Gasteiger partial charge in [-0.3, -0.25) is 4.79 Å². The summed E-state index contributed by atoms with van der Waals surface area (Å²) in [4.78, 5) is 10.9. The van der Waals surface area contributed by atoms with Crippen molar-refractivity contribution in [3.05, 3.63) is 29.3 Å². The van der Waals surface area contributed by atoms with E-state index in [1.165, 1.54) is 0 Å². The number of hydrogen-bond acceptors (Lipinski definition) is 2. The van der Waals surface area contributed by atoms with Crippen molar-refractivity contribution >= 4 is 5.78 Å². The Kier molecular flexibility index (Phi) is 3.69. The minimum Gasteiger partial charge on any atom is -0.405 e. The lowest BCUT2D eigenvalue weighted by Gasteiger charge is -2.13. The third-order valence-electron chi connectivity index (χ3n) is 1.88. The average molecular weight is 254 g/mol. The van der Waals surface area contributed by atoms with Crippen LogP contribution in [-0.4, -0.2) is 12.1 Å². The summed E-state index contributed by atoms with van der Waals surface area (Å²) < 4.78 is 64.2. The van der Waals surface area contributed by atoms with Gasteiger partial charge in [-0.1, -0.05) is 6.07 Å². The number of Topliss-reactive ketones (excluding diaryl/α,β-unsaturated/α-hetero) is 1. The van der Waals surface area contributed by atoms with Gasteiger partial charge in [0.15, 0.2) is 5.78 Å². The zero-order valence-corrected chi connectivity index (χ0v) is 8.52. The molecule has 0 bridgehead atoms. The van der Waals surface area contributed by atoms with E-state index in [1.54, 1.807) is 0 Å². The summed E-state index contributed by atoms with van der Waals surface area (Å²) in [5, 5.41) is 0. The van der Waals surface area contributed by atoms with Crippen LogP contribution in [-0.2, 0) is 0 Å². The van der Waals surface area contributed by atoms with Crippen LogP contribution in [0.25, 0.3) is 0 Å². The molecule has 1 aromatic rings. The number of ketones is 1. The second-order valence-corrected chi connectivity index (χ2v) is 3.16. The summed E-state index contributed by atoms with van der Waals surface area (Å²) in [5.74, 6) is -1.60. The van der Waals surface area contributed by atoms with E-state index in [-0.39, 0.29) is 5.56 Å². The molecule has 0 saturated heterocycles.